The molecule has 0 fully saturated rings. The summed E-state index contributed by atoms with van der Waals surface area (Å²) in [5.74, 6) is -0.421. The number of carbonyl (C=O) groups excluding carboxylic acids is 1. The normalized spacial score (nSPS) is 20.5. The number of ether oxygens (including phenoxy) is 1. The predicted molar refractivity (Wildman–Crippen MR) is 51.9 cm³/mol. The molecule has 72 valence electrons. The molecule has 2 N–H and O–H groups in total. The van der Waals surface area contributed by atoms with E-state index in [1.54, 1.807) is 24.3 Å². The van der Waals surface area contributed by atoms with Crippen molar-refractivity contribution in [2.45, 2.75) is 6.10 Å². The Labute approximate surface area is 85.3 Å². The maximum absolute atomic E-state index is 11.3. The standard InChI is InChI=1S/C9H7ClN2O2/c10-6-4-2-1-3-5(6)7-8(13)12-9(11)14-7/h1-4,7H,(H2,11,12,13). The molecule has 4 nitrogen and oxygen atoms in total. The number of benzene rings is 1. The van der Waals surface area contributed by atoms with Crippen molar-refractivity contribution in [3.8, 4) is 0 Å². The van der Waals surface area contributed by atoms with Crippen molar-refractivity contribution in [1.82, 2.24) is 0 Å². The van der Waals surface area contributed by atoms with Gasteiger partial charge in [0.1, 0.15) is 0 Å². The third-order valence-corrected chi connectivity index (χ3v) is 2.22. The number of carbonyl (C=O) groups is 1. The molecule has 1 aromatic carbocycles. The molecule has 1 aliphatic rings. The molecule has 0 aromatic heterocycles. The van der Waals surface area contributed by atoms with Crippen molar-refractivity contribution < 1.29 is 9.53 Å². The summed E-state index contributed by atoms with van der Waals surface area (Å²) in [7, 11) is 0. The molecule has 0 radical (unpaired) electrons. The number of hydrogen-bond donors (Lipinski definition) is 1. The van der Waals surface area contributed by atoms with Gasteiger partial charge >= 0.3 is 0 Å². The summed E-state index contributed by atoms with van der Waals surface area (Å²) in [5.41, 5.74) is 5.85. The lowest BCUT2D eigenvalue weighted by Gasteiger charge is -2.09. The summed E-state index contributed by atoms with van der Waals surface area (Å²) in [4.78, 5) is 14.7. The Kier molecular flexibility index (Phi) is 2.13. The van der Waals surface area contributed by atoms with Crippen LogP contribution in [-0.2, 0) is 9.53 Å². The van der Waals surface area contributed by atoms with Crippen LogP contribution in [0.3, 0.4) is 0 Å². The van der Waals surface area contributed by atoms with E-state index in [1.807, 2.05) is 0 Å². The summed E-state index contributed by atoms with van der Waals surface area (Å²) < 4.78 is 5.03. The minimum absolute atomic E-state index is 0.111. The maximum Gasteiger partial charge on any atom is 0.296 e. The highest BCUT2D eigenvalue weighted by Crippen LogP contribution is 2.28. The van der Waals surface area contributed by atoms with Gasteiger partial charge in [0.05, 0.1) is 0 Å². The Hall–Kier alpha value is -1.55. The van der Waals surface area contributed by atoms with Crippen molar-refractivity contribution >= 4 is 23.5 Å². The van der Waals surface area contributed by atoms with Crippen LogP contribution in [0.4, 0.5) is 0 Å². The first-order valence-corrected chi connectivity index (χ1v) is 4.35. The first kappa shape index (κ1) is 9.02. The number of amides is 1. The van der Waals surface area contributed by atoms with E-state index in [4.69, 9.17) is 22.1 Å². The summed E-state index contributed by atoms with van der Waals surface area (Å²) in [5, 5.41) is 0.468. The van der Waals surface area contributed by atoms with E-state index in [9.17, 15) is 4.79 Å². The molecule has 1 atom stereocenters. The zero-order valence-electron chi connectivity index (χ0n) is 7.11. The van der Waals surface area contributed by atoms with E-state index >= 15 is 0 Å². The highest BCUT2D eigenvalue weighted by molar-refractivity contribution is 6.31. The SMILES string of the molecule is NC1=NC(=O)C(c2ccccc2Cl)O1. The lowest BCUT2D eigenvalue weighted by Crippen LogP contribution is -2.14. The Bertz CT molecular complexity index is 417. The first-order valence-electron chi connectivity index (χ1n) is 3.97. The fraction of sp³-hybridized carbons (Fsp3) is 0.111. The summed E-state index contributed by atoms with van der Waals surface area (Å²) >= 11 is 5.89. The van der Waals surface area contributed by atoms with Gasteiger partial charge < -0.3 is 10.5 Å². The van der Waals surface area contributed by atoms with Crippen molar-refractivity contribution in [2.24, 2.45) is 10.7 Å². The average molecular weight is 211 g/mol. The zero-order valence-corrected chi connectivity index (χ0v) is 7.86. The van der Waals surface area contributed by atoms with Crippen LogP contribution in [0.2, 0.25) is 5.02 Å². The van der Waals surface area contributed by atoms with Gasteiger partial charge in [0.15, 0.2) is 0 Å². The molecule has 1 aliphatic heterocycles. The highest BCUT2D eigenvalue weighted by Gasteiger charge is 2.30. The van der Waals surface area contributed by atoms with Gasteiger partial charge in [-0.3, -0.25) is 4.79 Å². The molecule has 1 unspecified atom stereocenters. The smallest absolute Gasteiger partial charge is 0.296 e. The Morgan fingerprint density at radius 3 is 2.71 bits per heavy atom. The van der Waals surface area contributed by atoms with Crippen LogP contribution in [0.1, 0.15) is 11.7 Å². The maximum atomic E-state index is 11.3. The topological polar surface area (TPSA) is 64.7 Å². The molecular formula is C9H7ClN2O2. The predicted octanol–water partition coefficient (Wildman–Crippen LogP) is 1.25. The number of rotatable bonds is 1. The lowest BCUT2D eigenvalue weighted by atomic mass is 10.1. The molecular weight excluding hydrogens is 204 g/mol. The Morgan fingerprint density at radius 1 is 1.43 bits per heavy atom. The van der Waals surface area contributed by atoms with Crippen molar-refractivity contribution in [1.29, 1.82) is 0 Å². The number of aliphatic imine (C=N–C) groups is 1. The van der Waals surface area contributed by atoms with Crippen LogP contribution in [0.15, 0.2) is 29.3 Å². The van der Waals surface area contributed by atoms with Gasteiger partial charge in [0, 0.05) is 10.6 Å². The summed E-state index contributed by atoms with van der Waals surface area (Å²) in [6, 6.07) is 6.82. The number of amidine groups is 1. The molecule has 5 heteroatoms. The van der Waals surface area contributed by atoms with Gasteiger partial charge in [-0.2, -0.15) is 4.99 Å². The van der Waals surface area contributed by atoms with E-state index in [2.05, 4.69) is 4.99 Å². The highest BCUT2D eigenvalue weighted by atomic mass is 35.5. The second-order valence-electron chi connectivity index (χ2n) is 2.81. The number of halogens is 1. The largest absolute Gasteiger partial charge is 0.447 e. The second kappa shape index (κ2) is 3.31. The fourth-order valence-electron chi connectivity index (χ4n) is 1.25. The Morgan fingerprint density at radius 2 is 2.14 bits per heavy atom. The molecule has 2 rings (SSSR count). The first-order chi connectivity index (χ1) is 6.68. The van der Waals surface area contributed by atoms with E-state index < -0.39 is 12.0 Å². The molecule has 1 heterocycles. The van der Waals surface area contributed by atoms with Gasteiger partial charge in [-0.05, 0) is 6.07 Å². The number of hydrogen-bond acceptors (Lipinski definition) is 3. The van der Waals surface area contributed by atoms with Gasteiger partial charge in [-0.1, -0.05) is 29.8 Å². The molecule has 0 saturated heterocycles. The van der Waals surface area contributed by atoms with Crippen molar-refractivity contribution in [3.63, 3.8) is 0 Å². The van der Waals surface area contributed by atoms with Gasteiger partial charge in [0.2, 0.25) is 6.10 Å². The van der Waals surface area contributed by atoms with Crippen LogP contribution in [0.5, 0.6) is 0 Å². The van der Waals surface area contributed by atoms with Gasteiger partial charge in [-0.25, -0.2) is 0 Å². The van der Waals surface area contributed by atoms with Crippen LogP contribution in [-0.4, -0.2) is 11.9 Å². The van der Waals surface area contributed by atoms with E-state index in [0.717, 1.165) is 0 Å². The molecule has 0 bridgehead atoms. The van der Waals surface area contributed by atoms with Crippen LogP contribution < -0.4 is 5.73 Å². The zero-order chi connectivity index (χ0) is 10.1. The third-order valence-electron chi connectivity index (χ3n) is 1.87. The number of nitrogens with zero attached hydrogens (tertiary/aromatic N) is 1. The third kappa shape index (κ3) is 1.44. The lowest BCUT2D eigenvalue weighted by molar-refractivity contribution is -0.122. The molecule has 0 aliphatic carbocycles. The molecule has 0 spiro atoms. The molecule has 0 saturated carbocycles. The van der Waals surface area contributed by atoms with Crippen molar-refractivity contribution in [3.05, 3.63) is 34.9 Å². The number of nitrogens with two attached hydrogens (primary N) is 1. The van der Waals surface area contributed by atoms with Crippen LogP contribution in [0, 0.1) is 0 Å². The molecule has 1 aromatic rings. The van der Waals surface area contributed by atoms with E-state index in [1.165, 1.54) is 0 Å². The minimum atomic E-state index is -0.788. The van der Waals surface area contributed by atoms with E-state index in [-0.39, 0.29) is 6.02 Å². The van der Waals surface area contributed by atoms with Gasteiger partial charge in [0.25, 0.3) is 11.9 Å². The van der Waals surface area contributed by atoms with Gasteiger partial charge in [-0.15, -0.1) is 0 Å². The monoisotopic (exact) mass is 210 g/mol. The quantitative estimate of drug-likeness (QED) is 0.759. The molecule has 14 heavy (non-hydrogen) atoms. The summed E-state index contributed by atoms with van der Waals surface area (Å²) in [6.07, 6.45) is -0.788. The molecule has 1 amide bonds. The van der Waals surface area contributed by atoms with Crippen molar-refractivity contribution in [2.75, 3.05) is 0 Å². The average Bonchev–Trinajstić information content (AvgIpc) is 2.46. The minimum Gasteiger partial charge on any atom is -0.447 e. The van der Waals surface area contributed by atoms with Crippen LogP contribution in [0.25, 0.3) is 0 Å². The van der Waals surface area contributed by atoms with E-state index in [0.29, 0.717) is 10.6 Å². The van der Waals surface area contributed by atoms with Crippen LogP contribution >= 0.6 is 11.6 Å². The summed E-state index contributed by atoms with van der Waals surface area (Å²) in [6.45, 7) is 0. The Balaban J connectivity index is 2.35. The fourth-order valence-corrected chi connectivity index (χ4v) is 1.48. The second-order valence-corrected chi connectivity index (χ2v) is 3.21.